The number of amides is 1. The van der Waals surface area contributed by atoms with E-state index in [1.54, 1.807) is 10.3 Å². The van der Waals surface area contributed by atoms with Gasteiger partial charge in [-0.1, -0.05) is 13.8 Å². The lowest BCUT2D eigenvalue weighted by molar-refractivity contribution is 0.0748. The van der Waals surface area contributed by atoms with Gasteiger partial charge >= 0.3 is 0 Å². The fraction of sp³-hybridized carbons (Fsp3) is 0.471. The van der Waals surface area contributed by atoms with Crippen molar-refractivity contribution in [2.45, 2.75) is 31.6 Å². The smallest absolute Gasteiger partial charge is 0.265 e. The van der Waals surface area contributed by atoms with Gasteiger partial charge in [0.15, 0.2) is 0 Å². The number of nitrogens with zero attached hydrogens (tertiary/aromatic N) is 4. The predicted octanol–water partition coefficient (Wildman–Crippen LogP) is 1.58. The molecular weight excluding hydrogens is 386 g/mol. The largest absolute Gasteiger partial charge is 0.353 e. The van der Waals surface area contributed by atoms with Crippen LogP contribution in [0.1, 0.15) is 41.0 Å². The number of rotatable bonds is 4. The first-order valence-electron chi connectivity index (χ1n) is 8.67. The zero-order chi connectivity index (χ0) is 19.8. The number of hydrogen-bond donors (Lipinski definition) is 1. The number of anilines is 1. The van der Waals surface area contributed by atoms with E-state index in [2.05, 4.69) is 28.7 Å². The molecule has 2 aromatic heterocycles. The van der Waals surface area contributed by atoms with Crippen LogP contribution < -0.4 is 10.0 Å². The van der Waals surface area contributed by atoms with Crippen LogP contribution in [0.4, 0.5) is 5.82 Å². The van der Waals surface area contributed by atoms with E-state index in [1.807, 2.05) is 13.0 Å². The zero-order valence-corrected chi connectivity index (χ0v) is 17.2. The molecule has 3 rings (SSSR count). The highest BCUT2D eigenvalue weighted by Gasteiger charge is 2.28. The highest BCUT2D eigenvalue weighted by Crippen LogP contribution is 2.24. The third-order valence-corrected chi connectivity index (χ3v) is 6.38. The molecular formula is C17H23N5O3S2. The van der Waals surface area contributed by atoms with Gasteiger partial charge in [0.05, 0.1) is 0 Å². The SMILES string of the molecule is Cc1cc(N2CCN(C(=O)c3sccc3S(N)(=O)=O)CC2)nc(C(C)C)n1. The highest BCUT2D eigenvalue weighted by molar-refractivity contribution is 7.89. The Bertz CT molecular complexity index is 947. The first kappa shape index (κ1) is 19.7. The van der Waals surface area contributed by atoms with Gasteiger partial charge in [0.2, 0.25) is 10.0 Å². The van der Waals surface area contributed by atoms with Crippen LogP contribution in [0.3, 0.4) is 0 Å². The summed E-state index contributed by atoms with van der Waals surface area (Å²) >= 11 is 1.10. The van der Waals surface area contributed by atoms with Crippen molar-refractivity contribution in [3.05, 3.63) is 33.9 Å². The molecule has 0 aliphatic carbocycles. The highest BCUT2D eigenvalue weighted by atomic mass is 32.2. The summed E-state index contributed by atoms with van der Waals surface area (Å²) in [4.78, 5) is 25.7. The average Bonchev–Trinajstić information content (AvgIpc) is 3.11. The molecule has 0 saturated carbocycles. The Balaban J connectivity index is 1.73. The molecule has 1 aliphatic heterocycles. The van der Waals surface area contributed by atoms with Gasteiger partial charge in [-0.25, -0.2) is 23.5 Å². The number of sulfonamides is 1. The van der Waals surface area contributed by atoms with Crippen molar-refractivity contribution < 1.29 is 13.2 Å². The maximum Gasteiger partial charge on any atom is 0.265 e. The molecule has 1 amide bonds. The summed E-state index contributed by atoms with van der Waals surface area (Å²) in [5.74, 6) is 1.61. The lowest BCUT2D eigenvalue weighted by Gasteiger charge is -2.35. The monoisotopic (exact) mass is 409 g/mol. The van der Waals surface area contributed by atoms with E-state index in [9.17, 15) is 13.2 Å². The Labute approximate surface area is 163 Å². The summed E-state index contributed by atoms with van der Waals surface area (Å²) in [6, 6.07) is 3.32. The van der Waals surface area contributed by atoms with Crippen molar-refractivity contribution >= 4 is 33.1 Å². The summed E-state index contributed by atoms with van der Waals surface area (Å²) in [7, 11) is -3.91. The number of aryl methyl sites for hydroxylation is 1. The molecule has 2 aromatic rings. The molecule has 0 bridgehead atoms. The quantitative estimate of drug-likeness (QED) is 0.821. The van der Waals surface area contributed by atoms with Gasteiger partial charge in [-0.15, -0.1) is 11.3 Å². The van der Waals surface area contributed by atoms with Crippen molar-refractivity contribution in [3.8, 4) is 0 Å². The summed E-state index contributed by atoms with van der Waals surface area (Å²) in [6.07, 6.45) is 0. The summed E-state index contributed by atoms with van der Waals surface area (Å²) in [6.45, 7) is 8.27. The van der Waals surface area contributed by atoms with E-state index in [-0.39, 0.29) is 21.6 Å². The van der Waals surface area contributed by atoms with Gasteiger partial charge in [0.25, 0.3) is 5.91 Å². The molecule has 0 aromatic carbocycles. The van der Waals surface area contributed by atoms with Crippen molar-refractivity contribution in [3.63, 3.8) is 0 Å². The van der Waals surface area contributed by atoms with E-state index in [1.165, 1.54) is 6.07 Å². The Kier molecular flexibility index (Phi) is 5.50. The topological polar surface area (TPSA) is 109 Å². The minimum absolute atomic E-state index is 0.104. The molecule has 2 N–H and O–H groups in total. The van der Waals surface area contributed by atoms with Gasteiger partial charge < -0.3 is 9.80 Å². The average molecular weight is 410 g/mol. The maximum absolute atomic E-state index is 12.7. The van der Waals surface area contributed by atoms with Crippen LogP contribution in [0, 0.1) is 6.92 Å². The van der Waals surface area contributed by atoms with Gasteiger partial charge in [0.1, 0.15) is 21.4 Å². The van der Waals surface area contributed by atoms with Crippen molar-refractivity contribution in [2.24, 2.45) is 5.14 Å². The third-order valence-electron chi connectivity index (χ3n) is 4.40. The van der Waals surface area contributed by atoms with Crippen LogP contribution in [0.25, 0.3) is 0 Å². The summed E-state index contributed by atoms with van der Waals surface area (Å²) in [5, 5.41) is 6.78. The van der Waals surface area contributed by atoms with Crippen molar-refractivity contribution in [2.75, 3.05) is 31.1 Å². The summed E-state index contributed by atoms with van der Waals surface area (Å²) in [5.41, 5.74) is 0.915. The molecule has 146 valence electrons. The number of aromatic nitrogens is 2. The van der Waals surface area contributed by atoms with Crippen LogP contribution in [-0.2, 0) is 10.0 Å². The standard InChI is InChI=1S/C17H23N5O3S2/c1-11(2)16-19-12(3)10-14(20-16)21-5-7-22(8-6-21)17(23)15-13(4-9-26-15)27(18,24)25/h4,9-11H,5-8H2,1-3H3,(H2,18,24,25). The van der Waals surface area contributed by atoms with Crippen LogP contribution in [-0.4, -0.2) is 55.4 Å². The second kappa shape index (κ2) is 7.53. The van der Waals surface area contributed by atoms with Crippen LogP contribution >= 0.6 is 11.3 Å². The number of primary sulfonamides is 1. The van der Waals surface area contributed by atoms with Crippen molar-refractivity contribution in [1.29, 1.82) is 0 Å². The second-order valence-electron chi connectivity index (χ2n) is 6.82. The predicted molar refractivity (Wildman–Crippen MR) is 105 cm³/mol. The number of carbonyl (C=O) groups is 1. The third kappa shape index (κ3) is 4.28. The van der Waals surface area contributed by atoms with Crippen LogP contribution in [0.2, 0.25) is 0 Å². The molecule has 0 radical (unpaired) electrons. The minimum atomic E-state index is -3.91. The molecule has 0 spiro atoms. The van der Waals surface area contributed by atoms with E-state index in [0.717, 1.165) is 28.7 Å². The molecule has 1 saturated heterocycles. The number of thiophene rings is 1. The van der Waals surface area contributed by atoms with E-state index < -0.39 is 10.0 Å². The molecule has 1 fully saturated rings. The van der Waals surface area contributed by atoms with Crippen LogP contribution in [0.15, 0.2) is 22.4 Å². The van der Waals surface area contributed by atoms with E-state index >= 15 is 0 Å². The van der Waals surface area contributed by atoms with Gasteiger partial charge in [0, 0.05) is 43.9 Å². The fourth-order valence-corrected chi connectivity index (χ4v) is 4.89. The fourth-order valence-electron chi connectivity index (χ4n) is 2.95. The number of hydrogen-bond acceptors (Lipinski definition) is 7. The maximum atomic E-state index is 12.7. The first-order valence-corrected chi connectivity index (χ1v) is 11.1. The lowest BCUT2D eigenvalue weighted by atomic mass is 10.2. The molecule has 3 heterocycles. The molecule has 1 aliphatic rings. The van der Waals surface area contributed by atoms with Gasteiger partial charge in [-0.3, -0.25) is 4.79 Å². The molecule has 0 atom stereocenters. The van der Waals surface area contributed by atoms with E-state index in [4.69, 9.17) is 5.14 Å². The van der Waals surface area contributed by atoms with Gasteiger partial charge in [-0.05, 0) is 18.4 Å². The number of piperazine rings is 1. The zero-order valence-electron chi connectivity index (χ0n) is 15.5. The molecule has 10 heteroatoms. The normalized spacial score (nSPS) is 15.4. The first-order chi connectivity index (χ1) is 12.7. The molecule has 8 nitrogen and oxygen atoms in total. The van der Waals surface area contributed by atoms with Crippen molar-refractivity contribution in [1.82, 2.24) is 14.9 Å². The number of nitrogens with two attached hydrogens (primary N) is 1. The molecule has 27 heavy (non-hydrogen) atoms. The van der Waals surface area contributed by atoms with E-state index in [0.29, 0.717) is 26.2 Å². The second-order valence-corrected chi connectivity index (χ2v) is 9.26. The Hall–Kier alpha value is -2.04. The number of carbonyl (C=O) groups excluding carboxylic acids is 1. The summed E-state index contributed by atoms with van der Waals surface area (Å²) < 4.78 is 23.3. The minimum Gasteiger partial charge on any atom is -0.353 e. The van der Waals surface area contributed by atoms with Gasteiger partial charge in [-0.2, -0.15) is 0 Å². The Morgan fingerprint density at radius 1 is 1.22 bits per heavy atom. The lowest BCUT2D eigenvalue weighted by Crippen LogP contribution is -2.49. The Morgan fingerprint density at radius 3 is 2.48 bits per heavy atom. The molecule has 0 unspecified atom stereocenters. The van der Waals surface area contributed by atoms with Crippen LogP contribution in [0.5, 0.6) is 0 Å². The Morgan fingerprint density at radius 2 is 1.89 bits per heavy atom.